The van der Waals surface area contributed by atoms with Crippen molar-refractivity contribution in [3.05, 3.63) is 29.8 Å². The van der Waals surface area contributed by atoms with Crippen LogP contribution in [0.1, 0.15) is 38.3 Å². The molecule has 78 valence electrons. The van der Waals surface area contributed by atoms with Gasteiger partial charge in [-0.25, -0.2) is 0 Å². The highest BCUT2D eigenvalue weighted by Crippen LogP contribution is 2.21. The standard InChI is InChI=1S/C12H19NS/c1-3-4-9-14-12-7-5-11(6-8-12)10(2)13/h5-8,10H,3-4,9,13H2,1-2H3/t10-/m1/s1. The smallest absolute Gasteiger partial charge is 0.0266 e. The van der Waals surface area contributed by atoms with Crippen molar-refractivity contribution in [1.29, 1.82) is 0 Å². The zero-order chi connectivity index (χ0) is 10.4. The van der Waals surface area contributed by atoms with E-state index in [2.05, 4.69) is 31.2 Å². The summed E-state index contributed by atoms with van der Waals surface area (Å²) in [4.78, 5) is 1.35. The van der Waals surface area contributed by atoms with E-state index in [1.54, 1.807) is 0 Å². The van der Waals surface area contributed by atoms with E-state index in [1.165, 1.54) is 29.1 Å². The average molecular weight is 209 g/mol. The predicted octanol–water partition coefficient (Wildman–Crippen LogP) is 3.60. The summed E-state index contributed by atoms with van der Waals surface area (Å²) in [5, 5.41) is 0. The van der Waals surface area contributed by atoms with E-state index in [9.17, 15) is 0 Å². The maximum Gasteiger partial charge on any atom is 0.0266 e. The first-order chi connectivity index (χ1) is 6.74. The van der Waals surface area contributed by atoms with Crippen LogP contribution >= 0.6 is 11.8 Å². The van der Waals surface area contributed by atoms with Crippen LogP contribution in [0.4, 0.5) is 0 Å². The zero-order valence-electron chi connectivity index (χ0n) is 8.99. The first-order valence-corrected chi connectivity index (χ1v) is 6.21. The van der Waals surface area contributed by atoms with E-state index in [1.807, 2.05) is 18.7 Å². The van der Waals surface area contributed by atoms with Gasteiger partial charge in [-0.15, -0.1) is 11.8 Å². The van der Waals surface area contributed by atoms with Crippen molar-refractivity contribution < 1.29 is 0 Å². The van der Waals surface area contributed by atoms with Gasteiger partial charge in [-0.1, -0.05) is 25.5 Å². The molecule has 0 saturated heterocycles. The fourth-order valence-electron chi connectivity index (χ4n) is 1.20. The van der Waals surface area contributed by atoms with Crippen molar-refractivity contribution in [2.24, 2.45) is 5.73 Å². The van der Waals surface area contributed by atoms with E-state index < -0.39 is 0 Å². The van der Waals surface area contributed by atoms with Crippen LogP contribution in [0.25, 0.3) is 0 Å². The average Bonchev–Trinajstić information content (AvgIpc) is 2.19. The van der Waals surface area contributed by atoms with Gasteiger partial charge in [0.25, 0.3) is 0 Å². The molecule has 0 bridgehead atoms. The molecule has 0 spiro atoms. The first kappa shape index (κ1) is 11.6. The lowest BCUT2D eigenvalue weighted by Crippen LogP contribution is -2.04. The Morgan fingerprint density at radius 1 is 1.29 bits per heavy atom. The van der Waals surface area contributed by atoms with Crippen LogP contribution in [0.3, 0.4) is 0 Å². The van der Waals surface area contributed by atoms with E-state index in [0.29, 0.717) is 0 Å². The van der Waals surface area contributed by atoms with Crippen molar-refractivity contribution in [2.45, 2.75) is 37.6 Å². The monoisotopic (exact) mass is 209 g/mol. The Kier molecular flexibility index (Phi) is 5.05. The van der Waals surface area contributed by atoms with E-state index >= 15 is 0 Å². The number of thioether (sulfide) groups is 1. The highest BCUT2D eigenvalue weighted by molar-refractivity contribution is 7.99. The predicted molar refractivity (Wildman–Crippen MR) is 64.7 cm³/mol. The zero-order valence-corrected chi connectivity index (χ0v) is 9.81. The number of hydrogen-bond acceptors (Lipinski definition) is 2. The van der Waals surface area contributed by atoms with Gasteiger partial charge in [0.15, 0.2) is 0 Å². The normalized spacial score (nSPS) is 12.8. The van der Waals surface area contributed by atoms with Crippen molar-refractivity contribution in [3.63, 3.8) is 0 Å². The molecule has 0 heterocycles. The second kappa shape index (κ2) is 6.10. The van der Waals surface area contributed by atoms with Crippen LogP contribution in [-0.4, -0.2) is 5.75 Å². The van der Waals surface area contributed by atoms with E-state index in [4.69, 9.17) is 5.73 Å². The molecule has 2 N–H and O–H groups in total. The molecular weight excluding hydrogens is 190 g/mol. The van der Waals surface area contributed by atoms with Crippen LogP contribution in [0.2, 0.25) is 0 Å². The maximum atomic E-state index is 5.78. The van der Waals surface area contributed by atoms with E-state index in [0.717, 1.165) is 0 Å². The SMILES string of the molecule is CCCCSc1ccc([C@@H](C)N)cc1. The Hall–Kier alpha value is -0.470. The topological polar surface area (TPSA) is 26.0 Å². The van der Waals surface area contributed by atoms with Crippen molar-refractivity contribution in [2.75, 3.05) is 5.75 Å². The molecule has 0 saturated carbocycles. The summed E-state index contributed by atoms with van der Waals surface area (Å²) in [7, 11) is 0. The number of nitrogens with two attached hydrogens (primary N) is 1. The molecule has 1 rings (SSSR count). The molecule has 0 fully saturated rings. The molecule has 0 aliphatic carbocycles. The lowest BCUT2D eigenvalue weighted by Gasteiger charge is -2.06. The summed E-state index contributed by atoms with van der Waals surface area (Å²) >= 11 is 1.92. The summed E-state index contributed by atoms with van der Waals surface area (Å²) in [5.74, 6) is 1.22. The second-order valence-electron chi connectivity index (χ2n) is 3.56. The quantitative estimate of drug-likeness (QED) is 0.592. The van der Waals surface area contributed by atoms with Crippen molar-refractivity contribution >= 4 is 11.8 Å². The molecule has 14 heavy (non-hydrogen) atoms. The van der Waals surface area contributed by atoms with Crippen LogP contribution in [0.5, 0.6) is 0 Å². The fraction of sp³-hybridized carbons (Fsp3) is 0.500. The summed E-state index contributed by atoms with van der Waals surface area (Å²) < 4.78 is 0. The molecular formula is C12H19NS. The molecule has 1 aromatic carbocycles. The lowest BCUT2D eigenvalue weighted by atomic mass is 10.1. The highest BCUT2D eigenvalue weighted by Gasteiger charge is 1.98. The van der Waals surface area contributed by atoms with Gasteiger partial charge < -0.3 is 5.73 Å². The highest BCUT2D eigenvalue weighted by atomic mass is 32.2. The van der Waals surface area contributed by atoms with Gasteiger partial charge in [0, 0.05) is 10.9 Å². The molecule has 2 heteroatoms. The molecule has 1 atom stereocenters. The van der Waals surface area contributed by atoms with Gasteiger partial charge in [0.1, 0.15) is 0 Å². The van der Waals surface area contributed by atoms with Gasteiger partial charge in [0.2, 0.25) is 0 Å². The third-order valence-corrected chi connectivity index (χ3v) is 3.27. The molecule has 0 radical (unpaired) electrons. The minimum absolute atomic E-state index is 0.143. The summed E-state index contributed by atoms with van der Waals surface area (Å²) in [6.07, 6.45) is 2.56. The van der Waals surface area contributed by atoms with Gasteiger partial charge in [0.05, 0.1) is 0 Å². The Labute approximate surface area is 91.1 Å². The van der Waals surface area contributed by atoms with Gasteiger partial charge in [-0.05, 0) is 36.8 Å². The minimum atomic E-state index is 0.143. The summed E-state index contributed by atoms with van der Waals surface area (Å²) in [6.45, 7) is 4.24. The van der Waals surface area contributed by atoms with Crippen molar-refractivity contribution in [1.82, 2.24) is 0 Å². The molecule has 0 aliphatic rings. The van der Waals surface area contributed by atoms with E-state index in [-0.39, 0.29) is 6.04 Å². The van der Waals surface area contributed by atoms with Crippen LogP contribution in [-0.2, 0) is 0 Å². The maximum absolute atomic E-state index is 5.78. The second-order valence-corrected chi connectivity index (χ2v) is 4.73. The number of benzene rings is 1. The minimum Gasteiger partial charge on any atom is -0.324 e. The lowest BCUT2D eigenvalue weighted by molar-refractivity contribution is 0.817. The number of unbranched alkanes of at least 4 members (excludes halogenated alkanes) is 1. The van der Waals surface area contributed by atoms with Crippen LogP contribution in [0.15, 0.2) is 29.2 Å². The number of hydrogen-bond donors (Lipinski definition) is 1. The Balaban J connectivity index is 2.47. The van der Waals surface area contributed by atoms with Crippen molar-refractivity contribution in [3.8, 4) is 0 Å². The Bertz CT molecular complexity index is 254. The van der Waals surface area contributed by atoms with Crippen LogP contribution < -0.4 is 5.73 Å². The third-order valence-electron chi connectivity index (χ3n) is 2.17. The molecule has 0 unspecified atom stereocenters. The molecule has 0 aromatic heterocycles. The molecule has 1 nitrogen and oxygen atoms in total. The Morgan fingerprint density at radius 3 is 2.43 bits per heavy atom. The van der Waals surface area contributed by atoms with Gasteiger partial charge >= 0.3 is 0 Å². The first-order valence-electron chi connectivity index (χ1n) is 5.22. The third kappa shape index (κ3) is 3.72. The molecule has 0 amide bonds. The fourth-order valence-corrected chi connectivity index (χ4v) is 2.20. The molecule has 0 aliphatic heterocycles. The molecule has 1 aromatic rings. The Morgan fingerprint density at radius 2 is 1.93 bits per heavy atom. The summed E-state index contributed by atoms with van der Waals surface area (Å²) in [6, 6.07) is 8.72. The largest absolute Gasteiger partial charge is 0.324 e. The summed E-state index contributed by atoms with van der Waals surface area (Å²) in [5.41, 5.74) is 6.99. The van der Waals surface area contributed by atoms with Gasteiger partial charge in [-0.3, -0.25) is 0 Å². The van der Waals surface area contributed by atoms with Gasteiger partial charge in [-0.2, -0.15) is 0 Å². The van der Waals surface area contributed by atoms with Crippen LogP contribution in [0, 0.1) is 0 Å². The number of rotatable bonds is 5.